The summed E-state index contributed by atoms with van der Waals surface area (Å²) in [4.78, 5) is 11.3. The number of alkyl halides is 3. The molecule has 22 heavy (non-hydrogen) atoms. The highest BCUT2D eigenvalue weighted by Gasteiger charge is 2.31. The SMILES string of the molecule is COC(=O)C(N)CC(C)C(C)c1cccc(OC(F)(F)F)c1. The predicted octanol–water partition coefficient (Wildman–Crippen LogP) is 3.22. The number of halogens is 3. The maximum Gasteiger partial charge on any atom is 0.573 e. The standard InChI is InChI=1S/C15H20F3NO3/c1-9(7-13(19)14(20)21-3)10(2)11-5-4-6-12(8-11)22-15(16,17)18/h4-6,8-10,13H,7,19H2,1-3H3. The molecule has 0 aromatic heterocycles. The van der Waals surface area contributed by atoms with Gasteiger partial charge in [-0.05, 0) is 36.0 Å². The van der Waals surface area contributed by atoms with Crippen LogP contribution in [0.1, 0.15) is 31.7 Å². The largest absolute Gasteiger partial charge is 0.573 e. The van der Waals surface area contributed by atoms with Gasteiger partial charge in [0.25, 0.3) is 0 Å². The van der Waals surface area contributed by atoms with Gasteiger partial charge in [-0.15, -0.1) is 13.2 Å². The summed E-state index contributed by atoms with van der Waals surface area (Å²) in [5.41, 5.74) is 6.40. The molecule has 0 radical (unpaired) electrons. The van der Waals surface area contributed by atoms with E-state index in [-0.39, 0.29) is 17.6 Å². The molecule has 3 unspecified atom stereocenters. The Morgan fingerprint density at radius 2 is 1.95 bits per heavy atom. The van der Waals surface area contributed by atoms with E-state index in [2.05, 4.69) is 9.47 Å². The Labute approximate surface area is 127 Å². The Hall–Kier alpha value is -1.76. The average molecular weight is 319 g/mol. The molecule has 0 amide bonds. The summed E-state index contributed by atoms with van der Waals surface area (Å²) in [7, 11) is 1.26. The van der Waals surface area contributed by atoms with Gasteiger partial charge in [0.05, 0.1) is 7.11 Å². The van der Waals surface area contributed by atoms with Gasteiger partial charge in [0.15, 0.2) is 0 Å². The van der Waals surface area contributed by atoms with Crippen LogP contribution in [0.2, 0.25) is 0 Å². The summed E-state index contributed by atoms with van der Waals surface area (Å²) in [6.07, 6.45) is -4.35. The molecule has 1 aromatic carbocycles. The maximum atomic E-state index is 12.2. The molecule has 2 N–H and O–H groups in total. The molecule has 1 rings (SSSR count). The van der Waals surface area contributed by atoms with Gasteiger partial charge in [-0.25, -0.2) is 0 Å². The molecule has 0 bridgehead atoms. The third-order valence-electron chi connectivity index (χ3n) is 3.60. The van der Waals surface area contributed by atoms with E-state index in [0.717, 1.165) is 0 Å². The number of nitrogens with two attached hydrogens (primary N) is 1. The van der Waals surface area contributed by atoms with Gasteiger partial charge in [-0.2, -0.15) is 0 Å². The number of rotatable bonds is 6. The first-order chi connectivity index (χ1) is 10.1. The molecular formula is C15H20F3NO3. The fourth-order valence-corrected chi connectivity index (χ4v) is 2.18. The molecule has 7 heteroatoms. The highest BCUT2D eigenvalue weighted by atomic mass is 19.4. The molecule has 4 nitrogen and oxygen atoms in total. The van der Waals surface area contributed by atoms with Crippen LogP contribution >= 0.6 is 0 Å². The molecule has 0 saturated heterocycles. The summed E-state index contributed by atoms with van der Waals surface area (Å²) >= 11 is 0. The second kappa shape index (κ2) is 7.49. The third-order valence-corrected chi connectivity index (χ3v) is 3.60. The quantitative estimate of drug-likeness (QED) is 0.818. The molecule has 3 atom stereocenters. The highest BCUT2D eigenvalue weighted by Crippen LogP contribution is 2.31. The lowest BCUT2D eigenvalue weighted by Crippen LogP contribution is -2.34. The summed E-state index contributed by atoms with van der Waals surface area (Å²) in [6.45, 7) is 3.74. The van der Waals surface area contributed by atoms with Crippen molar-refractivity contribution in [2.75, 3.05) is 7.11 Å². The second-order valence-electron chi connectivity index (χ2n) is 5.25. The lowest BCUT2D eigenvalue weighted by molar-refractivity contribution is -0.274. The van der Waals surface area contributed by atoms with Crippen molar-refractivity contribution in [1.82, 2.24) is 0 Å². The van der Waals surface area contributed by atoms with Crippen molar-refractivity contribution in [2.45, 2.75) is 38.6 Å². The van der Waals surface area contributed by atoms with E-state index >= 15 is 0 Å². The van der Waals surface area contributed by atoms with Gasteiger partial charge in [0.2, 0.25) is 0 Å². The molecule has 0 aliphatic carbocycles. The van der Waals surface area contributed by atoms with Crippen molar-refractivity contribution >= 4 is 5.97 Å². The lowest BCUT2D eigenvalue weighted by Gasteiger charge is -2.23. The number of methoxy groups -OCH3 is 1. The monoisotopic (exact) mass is 319 g/mol. The van der Waals surface area contributed by atoms with Gasteiger partial charge in [-0.3, -0.25) is 4.79 Å². The van der Waals surface area contributed by atoms with Crippen molar-refractivity contribution in [3.8, 4) is 5.75 Å². The minimum absolute atomic E-state index is 0.0183. The average Bonchev–Trinajstić information content (AvgIpc) is 2.43. The number of carbonyl (C=O) groups is 1. The van der Waals surface area contributed by atoms with Crippen molar-refractivity contribution in [2.24, 2.45) is 11.7 Å². The normalized spacial score (nSPS) is 15.8. The smallest absolute Gasteiger partial charge is 0.468 e. The van der Waals surface area contributed by atoms with E-state index in [1.807, 2.05) is 13.8 Å². The Kier molecular flexibility index (Phi) is 6.22. The molecule has 0 heterocycles. The zero-order valence-corrected chi connectivity index (χ0v) is 12.7. The van der Waals surface area contributed by atoms with Crippen LogP contribution < -0.4 is 10.5 Å². The molecule has 1 aromatic rings. The zero-order chi connectivity index (χ0) is 16.9. The molecule has 0 aliphatic rings. The van der Waals surface area contributed by atoms with Crippen molar-refractivity contribution in [1.29, 1.82) is 0 Å². The fourth-order valence-electron chi connectivity index (χ4n) is 2.18. The van der Waals surface area contributed by atoms with E-state index in [9.17, 15) is 18.0 Å². The van der Waals surface area contributed by atoms with Crippen LogP contribution in [-0.2, 0) is 9.53 Å². The topological polar surface area (TPSA) is 61.5 Å². The minimum Gasteiger partial charge on any atom is -0.468 e. The van der Waals surface area contributed by atoms with Crippen LogP contribution in [-0.4, -0.2) is 25.5 Å². The second-order valence-corrected chi connectivity index (χ2v) is 5.25. The Morgan fingerprint density at radius 1 is 1.32 bits per heavy atom. The summed E-state index contributed by atoms with van der Waals surface area (Å²) in [6, 6.07) is 5.05. The number of benzene rings is 1. The zero-order valence-electron chi connectivity index (χ0n) is 12.7. The molecule has 0 spiro atoms. The van der Waals surface area contributed by atoms with Gasteiger partial charge in [-0.1, -0.05) is 26.0 Å². The molecule has 0 saturated carbocycles. The Bertz CT molecular complexity index is 505. The van der Waals surface area contributed by atoms with Gasteiger partial charge < -0.3 is 15.2 Å². The van der Waals surface area contributed by atoms with E-state index in [4.69, 9.17) is 5.73 Å². The number of carbonyl (C=O) groups excluding carboxylic acids is 1. The van der Waals surface area contributed by atoms with E-state index in [1.165, 1.54) is 25.3 Å². The minimum atomic E-state index is -4.72. The van der Waals surface area contributed by atoms with Gasteiger partial charge >= 0.3 is 12.3 Å². The van der Waals surface area contributed by atoms with Crippen molar-refractivity contribution < 1.29 is 27.4 Å². The molecule has 0 aliphatic heterocycles. The first-order valence-electron chi connectivity index (χ1n) is 6.83. The Morgan fingerprint density at radius 3 is 2.50 bits per heavy atom. The van der Waals surface area contributed by atoms with Crippen LogP contribution in [0.25, 0.3) is 0 Å². The fraction of sp³-hybridized carbons (Fsp3) is 0.533. The number of hydrogen-bond donors (Lipinski definition) is 1. The summed E-state index contributed by atoms with van der Waals surface area (Å²) in [5, 5.41) is 0. The van der Waals surface area contributed by atoms with E-state index in [0.29, 0.717) is 12.0 Å². The van der Waals surface area contributed by atoms with Gasteiger partial charge in [0.1, 0.15) is 11.8 Å². The van der Waals surface area contributed by atoms with Crippen LogP contribution in [0.4, 0.5) is 13.2 Å². The molecular weight excluding hydrogens is 299 g/mol. The number of esters is 1. The van der Waals surface area contributed by atoms with Crippen molar-refractivity contribution in [3.63, 3.8) is 0 Å². The van der Waals surface area contributed by atoms with E-state index in [1.54, 1.807) is 6.07 Å². The van der Waals surface area contributed by atoms with Crippen LogP contribution in [0.3, 0.4) is 0 Å². The summed E-state index contributed by atoms with van der Waals surface area (Å²) in [5.74, 6) is -0.878. The lowest BCUT2D eigenvalue weighted by atomic mass is 9.85. The Balaban J connectivity index is 2.78. The molecule has 0 fully saturated rings. The first kappa shape index (κ1) is 18.3. The number of ether oxygens (including phenoxy) is 2. The van der Waals surface area contributed by atoms with Crippen LogP contribution in [0.15, 0.2) is 24.3 Å². The highest BCUT2D eigenvalue weighted by molar-refractivity contribution is 5.75. The number of hydrogen-bond acceptors (Lipinski definition) is 4. The van der Waals surface area contributed by atoms with Gasteiger partial charge in [0, 0.05) is 0 Å². The van der Waals surface area contributed by atoms with E-state index < -0.39 is 18.4 Å². The summed E-state index contributed by atoms with van der Waals surface area (Å²) < 4.78 is 45.2. The third kappa shape index (κ3) is 5.55. The maximum absolute atomic E-state index is 12.2. The van der Waals surface area contributed by atoms with Crippen molar-refractivity contribution in [3.05, 3.63) is 29.8 Å². The first-order valence-corrected chi connectivity index (χ1v) is 6.83. The predicted molar refractivity (Wildman–Crippen MR) is 75.3 cm³/mol. The van der Waals surface area contributed by atoms with Crippen LogP contribution in [0.5, 0.6) is 5.75 Å². The van der Waals surface area contributed by atoms with Crippen LogP contribution in [0, 0.1) is 5.92 Å². The molecule has 124 valence electrons.